The minimum atomic E-state index is 1.26. The van der Waals surface area contributed by atoms with Crippen molar-refractivity contribution in [3.63, 3.8) is 0 Å². The largest absolute Gasteiger partial charge is 0.0988 e. The molecule has 0 fully saturated rings. The van der Waals surface area contributed by atoms with Crippen LogP contribution in [0.2, 0.25) is 0 Å². The summed E-state index contributed by atoms with van der Waals surface area (Å²) >= 11 is 0. The van der Waals surface area contributed by atoms with Gasteiger partial charge < -0.3 is 0 Å². The predicted octanol–water partition coefficient (Wildman–Crippen LogP) is 3.48. The molecule has 0 atom stereocenters. The molecular weight excluding hydrogens is 120 g/mol. The number of hydrogen-bond donors (Lipinski definition) is 0. The quantitative estimate of drug-likeness (QED) is 0.510. The van der Waals surface area contributed by atoms with Crippen molar-refractivity contribution >= 4 is 0 Å². The van der Waals surface area contributed by atoms with E-state index in [0.717, 1.165) is 0 Å². The minimum Gasteiger partial charge on any atom is -0.0988 e. The van der Waals surface area contributed by atoms with Crippen LogP contribution in [0.1, 0.15) is 27.7 Å². The Kier molecular flexibility index (Phi) is 3.78. The molecular formula is C10H16. The van der Waals surface area contributed by atoms with Crippen molar-refractivity contribution in [2.45, 2.75) is 27.7 Å². The summed E-state index contributed by atoms with van der Waals surface area (Å²) in [5.41, 5.74) is 3.92. The summed E-state index contributed by atoms with van der Waals surface area (Å²) in [4.78, 5) is 0. The Hall–Kier alpha value is -0.780. The Morgan fingerprint density at radius 1 is 1.20 bits per heavy atom. The van der Waals surface area contributed by atoms with E-state index in [1.54, 1.807) is 0 Å². The van der Waals surface area contributed by atoms with Crippen LogP contribution in [-0.2, 0) is 0 Å². The topological polar surface area (TPSA) is 0 Å². The van der Waals surface area contributed by atoms with Crippen LogP contribution in [0.5, 0.6) is 0 Å². The van der Waals surface area contributed by atoms with Gasteiger partial charge in [-0.05, 0) is 38.8 Å². The van der Waals surface area contributed by atoms with Crippen molar-refractivity contribution < 1.29 is 0 Å². The van der Waals surface area contributed by atoms with E-state index >= 15 is 0 Å². The maximum absolute atomic E-state index is 3.71. The molecule has 0 spiro atoms. The van der Waals surface area contributed by atoms with E-state index in [1.807, 2.05) is 6.08 Å². The van der Waals surface area contributed by atoms with Crippen molar-refractivity contribution in [1.29, 1.82) is 0 Å². The zero-order valence-corrected chi connectivity index (χ0v) is 7.36. The molecule has 0 aliphatic carbocycles. The van der Waals surface area contributed by atoms with Gasteiger partial charge in [-0.25, -0.2) is 0 Å². The third kappa shape index (κ3) is 2.22. The monoisotopic (exact) mass is 136 g/mol. The lowest BCUT2D eigenvalue weighted by molar-refractivity contribution is 1.27. The highest BCUT2D eigenvalue weighted by Crippen LogP contribution is 2.13. The summed E-state index contributed by atoms with van der Waals surface area (Å²) in [6, 6.07) is 0. The SMILES string of the molecule is C=C/C(C)=C(C)/C(C)=C\C. The number of rotatable bonds is 2. The second-order valence-corrected chi connectivity index (χ2v) is 2.48. The molecule has 0 aromatic rings. The normalized spacial score (nSPS) is 14.6. The fourth-order valence-electron chi connectivity index (χ4n) is 0.681. The molecule has 0 heterocycles. The van der Waals surface area contributed by atoms with Crippen LogP contribution in [0.3, 0.4) is 0 Å². The Morgan fingerprint density at radius 2 is 1.70 bits per heavy atom. The van der Waals surface area contributed by atoms with Gasteiger partial charge in [0.25, 0.3) is 0 Å². The maximum Gasteiger partial charge on any atom is -0.0393 e. The van der Waals surface area contributed by atoms with Crippen LogP contribution in [0, 0.1) is 0 Å². The van der Waals surface area contributed by atoms with Crippen LogP contribution in [0.25, 0.3) is 0 Å². The van der Waals surface area contributed by atoms with Crippen LogP contribution in [0.15, 0.2) is 35.5 Å². The van der Waals surface area contributed by atoms with Crippen LogP contribution < -0.4 is 0 Å². The van der Waals surface area contributed by atoms with Gasteiger partial charge >= 0.3 is 0 Å². The Bertz CT molecular complexity index is 180. The molecule has 0 nitrogen and oxygen atoms in total. The third-order valence-electron chi connectivity index (χ3n) is 1.92. The standard InChI is InChI=1S/C10H16/c1-6-8(3)10(5)9(4)7-2/h6-7H,1H2,2-5H3/b9-7-,10-8+. The van der Waals surface area contributed by atoms with Crippen molar-refractivity contribution in [1.82, 2.24) is 0 Å². The highest BCUT2D eigenvalue weighted by molar-refractivity contribution is 5.35. The van der Waals surface area contributed by atoms with Crippen molar-refractivity contribution in [3.05, 3.63) is 35.5 Å². The van der Waals surface area contributed by atoms with E-state index in [4.69, 9.17) is 0 Å². The lowest BCUT2D eigenvalue weighted by Crippen LogP contribution is -1.82. The molecule has 0 aliphatic heterocycles. The molecule has 0 radical (unpaired) electrons. The summed E-state index contributed by atoms with van der Waals surface area (Å²) in [5.74, 6) is 0. The van der Waals surface area contributed by atoms with Gasteiger partial charge in [-0.15, -0.1) is 0 Å². The van der Waals surface area contributed by atoms with E-state index in [0.29, 0.717) is 0 Å². The lowest BCUT2D eigenvalue weighted by atomic mass is 10.0. The summed E-state index contributed by atoms with van der Waals surface area (Å²) in [6.07, 6.45) is 4.00. The molecule has 0 heteroatoms. The zero-order chi connectivity index (χ0) is 8.15. The van der Waals surface area contributed by atoms with Gasteiger partial charge in [0.05, 0.1) is 0 Å². The van der Waals surface area contributed by atoms with E-state index in [2.05, 4.69) is 40.3 Å². The summed E-state index contributed by atoms with van der Waals surface area (Å²) in [7, 11) is 0. The Balaban J connectivity index is 4.63. The first-order valence-corrected chi connectivity index (χ1v) is 3.56. The second kappa shape index (κ2) is 4.10. The van der Waals surface area contributed by atoms with E-state index in [9.17, 15) is 0 Å². The smallest absolute Gasteiger partial charge is 0.0393 e. The van der Waals surface area contributed by atoms with Gasteiger partial charge in [0.15, 0.2) is 0 Å². The first-order chi connectivity index (χ1) is 4.63. The lowest BCUT2D eigenvalue weighted by Gasteiger charge is -2.02. The Morgan fingerprint density at radius 3 is 2.00 bits per heavy atom. The molecule has 0 amide bonds. The maximum atomic E-state index is 3.71. The van der Waals surface area contributed by atoms with E-state index in [1.165, 1.54) is 16.7 Å². The molecule has 0 unspecified atom stereocenters. The Labute approximate surface area is 64.0 Å². The summed E-state index contributed by atoms with van der Waals surface area (Å²) in [6.45, 7) is 12.1. The van der Waals surface area contributed by atoms with Gasteiger partial charge in [0, 0.05) is 0 Å². The van der Waals surface area contributed by atoms with Gasteiger partial charge in [0.2, 0.25) is 0 Å². The van der Waals surface area contributed by atoms with Crippen molar-refractivity contribution in [2.75, 3.05) is 0 Å². The fourth-order valence-corrected chi connectivity index (χ4v) is 0.681. The highest BCUT2D eigenvalue weighted by atomic mass is 14.0. The van der Waals surface area contributed by atoms with Gasteiger partial charge in [-0.3, -0.25) is 0 Å². The number of hydrogen-bond acceptors (Lipinski definition) is 0. The van der Waals surface area contributed by atoms with Crippen LogP contribution >= 0.6 is 0 Å². The molecule has 56 valence electrons. The number of allylic oxidation sites excluding steroid dienone is 5. The fraction of sp³-hybridized carbons (Fsp3) is 0.400. The summed E-state index contributed by atoms with van der Waals surface area (Å²) in [5, 5.41) is 0. The van der Waals surface area contributed by atoms with Crippen molar-refractivity contribution in [3.8, 4) is 0 Å². The average Bonchev–Trinajstić information content (AvgIpc) is 2.00. The molecule has 0 aromatic carbocycles. The van der Waals surface area contributed by atoms with Crippen LogP contribution in [0.4, 0.5) is 0 Å². The van der Waals surface area contributed by atoms with Gasteiger partial charge in [-0.2, -0.15) is 0 Å². The van der Waals surface area contributed by atoms with Gasteiger partial charge in [-0.1, -0.05) is 24.3 Å². The third-order valence-corrected chi connectivity index (χ3v) is 1.92. The highest BCUT2D eigenvalue weighted by Gasteiger charge is 1.92. The summed E-state index contributed by atoms with van der Waals surface area (Å²) < 4.78 is 0. The van der Waals surface area contributed by atoms with Gasteiger partial charge in [0.1, 0.15) is 0 Å². The molecule has 0 aliphatic rings. The molecule has 0 N–H and O–H groups in total. The minimum absolute atomic E-state index is 1.26. The zero-order valence-electron chi connectivity index (χ0n) is 7.36. The molecule has 0 bridgehead atoms. The predicted molar refractivity (Wildman–Crippen MR) is 48.0 cm³/mol. The molecule has 0 saturated carbocycles. The first kappa shape index (κ1) is 9.22. The molecule has 0 rings (SSSR count). The second-order valence-electron chi connectivity index (χ2n) is 2.48. The molecule has 10 heavy (non-hydrogen) atoms. The van der Waals surface area contributed by atoms with E-state index < -0.39 is 0 Å². The first-order valence-electron chi connectivity index (χ1n) is 3.56. The van der Waals surface area contributed by atoms with E-state index in [-0.39, 0.29) is 0 Å². The van der Waals surface area contributed by atoms with Crippen molar-refractivity contribution in [2.24, 2.45) is 0 Å². The van der Waals surface area contributed by atoms with Crippen LogP contribution in [-0.4, -0.2) is 0 Å². The molecule has 0 aromatic heterocycles. The average molecular weight is 136 g/mol. The molecule has 0 saturated heterocycles.